The zero-order chi connectivity index (χ0) is 25.5. The molecule has 0 heterocycles. The molecule has 35 heavy (non-hydrogen) atoms. The average Bonchev–Trinajstić information content (AvgIpc) is 2.86. The molecule has 0 aliphatic rings. The fourth-order valence-corrected chi connectivity index (χ4v) is 5.25. The highest BCUT2D eigenvalue weighted by atomic mass is 32.1. The van der Waals surface area contributed by atoms with Gasteiger partial charge < -0.3 is 4.74 Å². The average molecular weight is 511 g/mol. The molecule has 1 nitrogen and oxygen atoms in total. The van der Waals surface area contributed by atoms with Crippen LogP contribution in [0.15, 0.2) is 0 Å². The Hall–Kier alpha value is -0.110. The lowest BCUT2D eigenvalue weighted by atomic mass is 10.0. The molecule has 0 fully saturated rings. The Bertz CT molecular complexity index is 395. The molecule has 0 bridgehead atoms. The molecule has 0 aromatic carbocycles. The fourth-order valence-electron chi connectivity index (χ4n) is 5.02. The van der Waals surface area contributed by atoms with Gasteiger partial charge in [-0.3, -0.25) is 0 Å². The summed E-state index contributed by atoms with van der Waals surface area (Å²) in [5.41, 5.74) is 0. The molecule has 2 heteroatoms. The van der Waals surface area contributed by atoms with Gasteiger partial charge in [0.2, 0.25) is 0 Å². The van der Waals surface area contributed by atoms with Crippen LogP contribution in [0.25, 0.3) is 0 Å². The van der Waals surface area contributed by atoms with Crippen molar-refractivity contribution in [1.29, 1.82) is 0 Å². The largest absolute Gasteiger partial charge is 0.487 e. The number of thiocarbonyl (C=S) groups is 1. The molecule has 0 aliphatic carbocycles. The summed E-state index contributed by atoms with van der Waals surface area (Å²) < 4.78 is 5.79. The van der Waals surface area contributed by atoms with Crippen LogP contribution in [-0.4, -0.2) is 11.7 Å². The van der Waals surface area contributed by atoms with E-state index >= 15 is 0 Å². The highest BCUT2D eigenvalue weighted by molar-refractivity contribution is 7.80. The molecule has 0 N–H and O–H groups in total. The standard InChI is InChI=1S/C33H66OS/c1-3-5-7-9-11-13-15-17-18-20-22-24-26-28-30-32-34-33(35)31-29-27-25-23-21-19-16-14-12-10-8-6-4-2/h3-32H2,1-2H3. The van der Waals surface area contributed by atoms with E-state index in [1.807, 2.05) is 0 Å². The van der Waals surface area contributed by atoms with Crippen LogP contribution in [0.3, 0.4) is 0 Å². The van der Waals surface area contributed by atoms with Crippen molar-refractivity contribution in [2.75, 3.05) is 6.61 Å². The molecule has 0 aromatic rings. The first-order valence-corrected chi connectivity index (χ1v) is 16.9. The normalized spacial score (nSPS) is 11.3. The van der Waals surface area contributed by atoms with Gasteiger partial charge in [0.25, 0.3) is 0 Å². The molecule has 0 aliphatic heterocycles. The van der Waals surface area contributed by atoms with Gasteiger partial charge in [0.1, 0.15) is 0 Å². The summed E-state index contributed by atoms with van der Waals surface area (Å²) in [4.78, 5) is 0. The Kier molecular flexibility index (Phi) is 31.8. The third kappa shape index (κ3) is 31.9. The van der Waals surface area contributed by atoms with Gasteiger partial charge >= 0.3 is 0 Å². The summed E-state index contributed by atoms with van der Waals surface area (Å²) in [5, 5.41) is 0.860. The molecule has 0 spiro atoms. The van der Waals surface area contributed by atoms with Crippen molar-refractivity contribution in [1.82, 2.24) is 0 Å². The van der Waals surface area contributed by atoms with E-state index < -0.39 is 0 Å². The number of rotatable bonds is 30. The predicted octanol–water partition coefficient (Wildman–Crippen LogP) is 12.7. The van der Waals surface area contributed by atoms with Crippen LogP contribution in [0, 0.1) is 0 Å². The summed E-state index contributed by atoms with van der Waals surface area (Å²) in [6, 6.07) is 0. The van der Waals surface area contributed by atoms with Crippen LogP contribution in [0.2, 0.25) is 0 Å². The summed E-state index contributed by atoms with van der Waals surface area (Å²) in [6.45, 7) is 5.43. The Morgan fingerprint density at radius 2 is 0.629 bits per heavy atom. The van der Waals surface area contributed by atoms with Crippen molar-refractivity contribution in [3.63, 3.8) is 0 Å². The maximum absolute atomic E-state index is 5.79. The summed E-state index contributed by atoms with van der Waals surface area (Å²) in [7, 11) is 0. The lowest BCUT2D eigenvalue weighted by Gasteiger charge is -2.08. The van der Waals surface area contributed by atoms with Crippen molar-refractivity contribution in [3.8, 4) is 0 Å². The molecule has 0 unspecified atom stereocenters. The molecule has 0 aromatic heterocycles. The van der Waals surface area contributed by atoms with Gasteiger partial charge in [-0.1, -0.05) is 181 Å². The van der Waals surface area contributed by atoms with E-state index in [9.17, 15) is 0 Å². The molecule has 0 saturated heterocycles. The van der Waals surface area contributed by atoms with Crippen molar-refractivity contribution in [2.45, 2.75) is 200 Å². The zero-order valence-electron chi connectivity index (χ0n) is 24.5. The van der Waals surface area contributed by atoms with Gasteiger partial charge in [0.05, 0.1) is 6.61 Å². The van der Waals surface area contributed by atoms with E-state index in [1.54, 1.807) is 0 Å². The minimum atomic E-state index is 0.843. The molecule has 0 saturated carbocycles. The Labute approximate surface area is 228 Å². The smallest absolute Gasteiger partial charge is 0.159 e. The molecule has 0 rings (SSSR count). The van der Waals surface area contributed by atoms with E-state index in [2.05, 4.69) is 13.8 Å². The van der Waals surface area contributed by atoms with Gasteiger partial charge in [0.15, 0.2) is 5.05 Å². The number of unbranched alkanes of at least 4 members (excludes halogenated alkanes) is 26. The third-order valence-electron chi connectivity index (χ3n) is 7.50. The second-order valence-electron chi connectivity index (χ2n) is 11.2. The second-order valence-corrected chi connectivity index (χ2v) is 11.6. The van der Waals surface area contributed by atoms with E-state index in [0.29, 0.717) is 0 Å². The van der Waals surface area contributed by atoms with Crippen LogP contribution in [0.4, 0.5) is 0 Å². The van der Waals surface area contributed by atoms with Crippen LogP contribution < -0.4 is 0 Å². The van der Waals surface area contributed by atoms with Crippen molar-refractivity contribution in [2.24, 2.45) is 0 Å². The Morgan fingerprint density at radius 3 is 0.943 bits per heavy atom. The summed E-state index contributed by atoms with van der Waals surface area (Å²) in [5.74, 6) is 0. The molecule has 0 amide bonds. The van der Waals surface area contributed by atoms with E-state index in [4.69, 9.17) is 17.0 Å². The van der Waals surface area contributed by atoms with Gasteiger partial charge in [-0.05, 0) is 25.1 Å². The Morgan fingerprint density at radius 1 is 0.371 bits per heavy atom. The van der Waals surface area contributed by atoms with Gasteiger partial charge in [-0.25, -0.2) is 0 Å². The van der Waals surface area contributed by atoms with Crippen LogP contribution in [0.1, 0.15) is 200 Å². The number of ether oxygens (including phenoxy) is 1. The SMILES string of the molecule is CCCCCCCCCCCCCCCCCOC(=S)CCCCCCCCCCCCCCC. The van der Waals surface area contributed by atoms with Crippen molar-refractivity contribution in [3.05, 3.63) is 0 Å². The summed E-state index contributed by atoms with van der Waals surface area (Å²) in [6.07, 6.45) is 40.3. The lowest BCUT2D eigenvalue weighted by Crippen LogP contribution is -2.03. The maximum Gasteiger partial charge on any atom is 0.159 e. The quantitative estimate of drug-likeness (QED) is 0.0701. The van der Waals surface area contributed by atoms with Gasteiger partial charge in [-0.15, -0.1) is 0 Å². The number of hydrogen-bond acceptors (Lipinski definition) is 2. The molecular weight excluding hydrogens is 444 g/mol. The second kappa shape index (κ2) is 31.9. The van der Waals surface area contributed by atoms with Gasteiger partial charge in [-0.2, -0.15) is 0 Å². The Balaban J connectivity index is 3.14. The minimum absolute atomic E-state index is 0.843. The monoisotopic (exact) mass is 510 g/mol. The van der Waals surface area contributed by atoms with Crippen molar-refractivity contribution >= 4 is 17.3 Å². The molecule has 0 atom stereocenters. The lowest BCUT2D eigenvalue weighted by molar-refractivity contribution is 0.290. The van der Waals surface area contributed by atoms with Gasteiger partial charge in [0, 0.05) is 6.42 Å². The van der Waals surface area contributed by atoms with Crippen LogP contribution >= 0.6 is 12.2 Å². The fraction of sp³-hybridized carbons (Fsp3) is 0.970. The van der Waals surface area contributed by atoms with Crippen LogP contribution in [-0.2, 0) is 4.74 Å². The zero-order valence-corrected chi connectivity index (χ0v) is 25.3. The predicted molar refractivity (Wildman–Crippen MR) is 164 cm³/mol. The first-order valence-electron chi connectivity index (χ1n) is 16.5. The highest BCUT2D eigenvalue weighted by Gasteiger charge is 2.00. The van der Waals surface area contributed by atoms with E-state index in [-0.39, 0.29) is 0 Å². The van der Waals surface area contributed by atoms with Crippen molar-refractivity contribution < 1.29 is 4.74 Å². The highest BCUT2D eigenvalue weighted by Crippen LogP contribution is 2.15. The maximum atomic E-state index is 5.79. The first kappa shape index (κ1) is 34.9. The first-order chi connectivity index (χ1) is 17.3. The molecular formula is C33H66OS. The van der Waals surface area contributed by atoms with E-state index in [1.165, 1.54) is 180 Å². The minimum Gasteiger partial charge on any atom is -0.487 e. The summed E-state index contributed by atoms with van der Waals surface area (Å²) >= 11 is 5.42. The third-order valence-corrected chi connectivity index (χ3v) is 7.82. The topological polar surface area (TPSA) is 9.23 Å². The molecule has 210 valence electrons. The number of hydrogen-bond donors (Lipinski definition) is 0. The van der Waals surface area contributed by atoms with Crippen LogP contribution in [0.5, 0.6) is 0 Å². The molecule has 0 radical (unpaired) electrons. The van der Waals surface area contributed by atoms with E-state index in [0.717, 1.165) is 18.1 Å².